The molecule has 1 saturated carbocycles. The lowest BCUT2D eigenvalue weighted by Crippen LogP contribution is -2.45. The Morgan fingerprint density at radius 3 is 2.67 bits per heavy atom. The maximum absolute atomic E-state index is 5.45. The molecule has 2 unspecified atom stereocenters. The standard InChI is InChI=1S/C15H30N2O/c1-2-8-16-15-7-5-3-4-6-14(15)13-17-9-11-18-12-10-17/h14-16H,2-13H2,1H3. The molecule has 0 radical (unpaired) electrons. The van der Waals surface area contributed by atoms with E-state index in [-0.39, 0.29) is 0 Å². The second kappa shape index (κ2) is 8.13. The maximum atomic E-state index is 5.45. The van der Waals surface area contributed by atoms with Crippen molar-refractivity contribution in [3.8, 4) is 0 Å². The lowest BCUT2D eigenvalue weighted by molar-refractivity contribution is 0.0270. The molecule has 1 aliphatic carbocycles. The first-order chi connectivity index (χ1) is 8.90. The van der Waals surface area contributed by atoms with Crippen LogP contribution in [0.2, 0.25) is 0 Å². The fourth-order valence-electron chi connectivity index (χ4n) is 3.32. The first-order valence-electron chi connectivity index (χ1n) is 7.93. The van der Waals surface area contributed by atoms with Gasteiger partial charge in [-0.05, 0) is 31.7 Å². The first kappa shape index (κ1) is 14.3. The lowest BCUT2D eigenvalue weighted by Gasteiger charge is -2.34. The van der Waals surface area contributed by atoms with Crippen LogP contribution in [0, 0.1) is 5.92 Å². The Kier molecular flexibility index (Phi) is 6.46. The van der Waals surface area contributed by atoms with Crippen molar-refractivity contribution in [2.45, 2.75) is 51.5 Å². The van der Waals surface area contributed by atoms with Gasteiger partial charge in [-0.1, -0.05) is 26.2 Å². The minimum absolute atomic E-state index is 0.760. The quantitative estimate of drug-likeness (QED) is 0.762. The molecule has 1 N–H and O–H groups in total. The van der Waals surface area contributed by atoms with Crippen LogP contribution in [0.5, 0.6) is 0 Å². The highest BCUT2D eigenvalue weighted by Crippen LogP contribution is 2.24. The van der Waals surface area contributed by atoms with Gasteiger partial charge in [0.2, 0.25) is 0 Å². The van der Waals surface area contributed by atoms with Crippen LogP contribution in [0.15, 0.2) is 0 Å². The summed E-state index contributed by atoms with van der Waals surface area (Å²) in [5.74, 6) is 0.858. The zero-order chi connectivity index (χ0) is 12.6. The molecule has 2 fully saturated rings. The molecule has 0 aromatic heterocycles. The Bertz CT molecular complexity index is 217. The van der Waals surface area contributed by atoms with E-state index in [0.29, 0.717) is 0 Å². The van der Waals surface area contributed by atoms with Gasteiger partial charge in [0, 0.05) is 25.7 Å². The molecule has 2 atom stereocenters. The van der Waals surface area contributed by atoms with Gasteiger partial charge in [0.1, 0.15) is 0 Å². The molecule has 0 amide bonds. The van der Waals surface area contributed by atoms with Crippen molar-refractivity contribution in [3.05, 3.63) is 0 Å². The van der Waals surface area contributed by atoms with E-state index < -0.39 is 0 Å². The largest absolute Gasteiger partial charge is 0.379 e. The van der Waals surface area contributed by atoms with Gasteiger partial charge in [0.05, 0.1) is 13.2 Å². The fourth-order valence-corrected chi connectivity index (χ4v) is 3.32. The maximum Gasteiger partial charge on any atom is 0.0594 e. The second-order valence-electron chi connectivity index (χ2n) is 5.87. The van der Waals surface area contributed by atoms with Crippen LogP contribution in [-0.2, 0) is 4.74 Å². The molecule has 1 saturated heterocycles. The van der Waals surface area contributed by atoms with E-state index in [0.717, 1.165) is 38.3 Å². The molecule has 1 heterocycles. The summed E-state index contributed by atoms with van der Waals surface area (Å²) in [5.41, 5.74) is 0. The highest BCUT2D eigenvalue weighted by molar-refractivity contribution is 4.82. The summed E-state index contributed by atoms with van der Waals surface area (Å²) in [4.78, 5) is 2.61. The van der Waals surface area contributed by atoms with Gasteiger partial charge in [0.15, 0.2) is 0 Å². The Hall–Kier alpha value is -0.120. The summed E-state index contributed by atoms with van der Waals surface area (Å²) in [6, 6.07) is 0.760. The van der Waals surface area contributed by atoms with Crippen molar-refractivity contribution in [3.63, 3.8) is 0 Å². The van der Waals surface area contributed by atoms with Crippen LogP contribution in [0.4, 0.5) is 0 Å². The summed E-state index contributed by atoms with van der Waals surface area (Å²) in [6.45, 7) is 8.86. The van der Waals surface area contributed by atoms with Crippen LogP contribution in [0.1, 0.15) is 45.4 Å². The molecule has 0 aromatic rings. The highest BCUT2D eigenvalue weighted by Gasteiger charge is 2.25. The van der Waals surface area contributed by atoms with Gasteiger partial charge in [-0.2, -0.15) is 0 Å². The number of hydrogen-bond donors (Lipinski definition) is 1. The van der Waals surface area contributed by atoms with Crippen molar-refractivity contribution in [2.75, 3.05) is 39.4 Å². The molecule has 1 aliphatic heterocycles. The molecule has 3 nitrogen and oxygen atoms in total. The molecule has 18 heavy (non-hydrogen) atoms. The molecular formula is C15H30N2O. The minimum atomic E-state index is 0.760. The first-order valence-corrected chi connectivity index (χ1v) is 7.93. The topological polar surface area (TPSA) is 24.5 Å². The number of hydrogen-bond acceptors (Lipinski definition) is 3. The van der Waals surface area contributed by atoms with Crippen molar-refractivity contribution in [1.29, 1.82) is 0 Å². The van der Waals surface area contributed by atoms with E-state index in [1.165, 1.54) is 51.6 Å². The third kappa shape index (κ3) is 4.52. The molecule has 2 rings (SSSR count). The molecular weight excluding hydrogens is 224 g/mol. The predicted octanol–water partition coefficient (Wildman–Crippen LogP) is 2.27. The Balaban J connectivity index is 1.83. The Morgan fingerprint density at radius 1 is 1.11 bits per heavy atom. The predicted molar refractivity (Wildman–Crippen MR) is 75.9 cm³/mol. The number of nitrogens with zero attached hydrogens (tertiary/aromatic N) is 1. The van der Waals surface area contributed by atoms with Crippen LogP contribution >= 0.6 is 0 Å². The number of rotatable bonds is 5. The minimum Gasteiger partial charge on any atom is -0.379 e. The van der Waals surface area contributed by atoms with Gasteiger partial charge in [-0.15, -0.1) is 0 Å². The normalized spacial score (nSPS) is 31.2. The summed E-state index contributed by atoms with van der Waals surface area (Å²) in [7, 11) is 0. The molecule has 3 heteroatoms. The smallest absolute Gasteiger partial charge is 0.0594 e. The van der Waals surface area contributed by atoms with E-state index in [1.807, 2.05) is 0 Å². The second-order valence-corrected chi connectivity index (χ2v) is 5.87. The molecule has 0 aromatic carbocycles. The van der Waals surface area contributed by atoms with Gasteiger partial charge < -0.3 is 10.1 Å². The number of nitrogens with one attached hydrogen (secondary N) is 1. The average molecular weight is 254 g/mol. The fraction of sp³-hybridized carbons (Fsp3) is 1.00. The number of ether oxygens (including phenoxy) is 1. The SMILES string of the molecule is CCCNC1CCCCCC1CN1CCOCC1. The van der Waals surface area contributed by atoms with Crippen LogP contribution in [0.25, 0.3) is 0 Å². The third-order valence-electron chi connectivity index (χ3n) is 4.41. The molecule has 0 bridgehead atoms. The van der Waals surface area contributed by atoms with Crippen molar-refractivity contribution < 1.29 is 4.74 Å². The Labute approximate surface area is 112 Å². The van der Waals surface area contributed by atoms with Crippen molar-refractivity contribution >= 4 is 0 Å². The third-order valence-corrected chi connectivity index (χ3v) is 4.41. The highest BCUT2D eigenvalue weighted by atomic mass is 16.5. The van der Waals surface area contributed by atoms with E-state index in [1.54, 1.807) is 0 Å². The van der Waals surface area contributed by atoms with Crippen molar-refractivity contribution in [2.24, 2.45) is 5.92 Å². The van der Waals surface area contributed by atoms with Crippen LogP contribution in [-0.4, -0.2) is 50.3 Å². The summed E-state index contributed by atoms with van der Waals surface area (Å²) in [6.07, 6.45) is 8.33. The van der Waals surface area contributed by atoms with E-state index in [2.05, 4.69) is 17.1 Å². The molecule has 0 spiro atoms. The van der Waals surface area contributed by atoms with Gasteiger partial charge >= 0.3 is 0 Å². The monoisotopic (exact) mass is 254 g/mol. The molecule has 106 valence electrons. The average Bonchev–Trinajstić information content (AvgIpc) is 2.63. The summed E-state index contributed by atoms with van der Waals surface area (Å²) >= 11 is 0. The Morgan fingerprint density at radius 2 is 1.89 bits per heavy atom. The molecule has 2 aliphatic rings. The van der Waals surface area contributed by atoms with Crippen molar-refractivity contribution in [1.82, 2.24) is 10.2 Å². The number of morpholine rings is 1. The van der Waals surface area contributed by atoms with E-state index in [9.17, 15) is 0 Å². The van der Waals surface area contributed by atoms with Crippen LogP contribution < -0.4 is 5.32 Å². The van der Waals surface area contributed by atoms with E-state index >= 15 is 0 Å². The van der Waals surface area contributed by atoms with Gasteiger partial charge in [0.25, 0.3) is 0 Å². The zero-order valence-corrected chi connectivity index (χ0v) is 12.0. The van der Waals surface area contributed by atoms with E-state index in [4.69, 9.17) is 4.74 Å². The lowest BCUT2D eigenvalue weighted by atomic mass is 9.93. The summed E-state index contributed by atoms with van der Waals surface area (Å²) in [5, 5.41) is 3.79. The van der Waals surface area contributed by atoms with Crippen LogP contribution in [0.3, 0.4) is 0 Å². The summed E-state index contributed by atoms with van der Waals surface area (Å²) < 4.78 is 5.45. The van der Waals surface area contributed by atoms with Gasteiger partial charge in [-0.25, -0.2) is 0 Å². The van der Waals surface area contributed by atoms with Gasteiger partial charge in [-0.3, -0.25) is 4.90 Å². The zero-order valence-electron chi connectivity index (χ0n) is 12.0.